The molecule has 6 heteroatoms. The van der Waals surface area contributed by atoms with Crippen LogP contribution in [0.4, 0.5) is 5.69 Å². The summed E-state index contributed by atoms with van der Waals surface area (Å²) in [6.45, 7) is 0.759. The number of para-hydroxylation sites is 1. The Labute approximate surface area is 104 Å². The molecule has 2 N–H and O–H groups in total. The van der Waals surface area contributed by atoms with E-state index in [4.69, 9.17) is 9.63 Å². The number of aromatic nitrogens is 2. The molecule has 0 spiro atoms. The summed E-state index contributed by atoms with van der Waals surface area (Å²) in [5.74, 6) is -1.12. The van der Waals surface area contributed by atoms with Crippen molar-refractivity contribution in [1.82, 2.24) is 10.1 Å². The third kappa shape index (κ3) is 3.31. The van der Waals surface area contributed by atoms with Gasteiger partial charge in [0.05, 0.1) is 0 Å². The molecule has 0 aliphatic carbocycles. The van der Waals surface area contributed by atoms with Crippen molar-refractivity contribution in [3.05, 3.63) is 42.0 Å². The van der Waals surface area contributed by atoms with E-state index in [9.17, 15) is 4.79 Å². The zero-order chi connectivity index (χ0) is 12.8. The average Bonchev–Trinajstić information content (AvgIpc) is 2.85. The Morgan fingerprint density at radius 1 is 1.33 bits per heavy atom. The molecule has 2 rings (SSSR count). The molecule has 0 saturated carbocycles. The first-order valence-corrected chi connectivity index (χ1v) is 5.60. The Morgan fingerprint density at radius 2 is 2.11 bits per heavy atom. The number of hydrogen-bond donors (Lipinski definition) is 2. The summed E-state index contributed by atoms with van der Waals surface area (Å²) in [5, 5.41) is 15.2. The Bertz CT molecular complexity index is 510. The van der Waals surface area contributed by atoms with Crippen LogP contribution in [0.1, 0.15) is 22.9 Å². The maximum atomic E-state index is 10.5. The summed E-state index contributed by atoms with van der Waals surface area (Å²) >= 11 is 0. The van der Waals surface area contributed by atoms with E-state index in [0.29, 0.717) is 12.3 Å². The minimum Gasteiger partial charge on any atom is -0.475 e. The van der Waals surface area contributed by atoms with Gasteiger partial charge in [-0.3, -0.25) is 0 Å². The van der Waals surface area contributed by atoms with Crippen LogP contribution < -0.4 is 5.32 Å². The minimum absolute atomic E-state index is 0.291. The van der Waals surface area contributed by atoms with Gasteiger partial charge >= 0.3 is 5.97 Å². The second-order valence-electron chi connectivity index (χ2n) is 3.71. The molecule has 0 bridgehead atoms. The van der Waals surface area contributed by atoms with Gasteiger partial charge in [0.1, 0.15) is 0 Å². The molecule has 0 fully saturated rings. The summed E-state index contributed by atoms with van der Waals surface area (Å²) in [7, 11) is 0. The highest BCUT2D eigenvalue weighted by molar-refractivity contribution is 5.82. The van der Waals surface area contributed by atoms with Crippen molar-refractivity contribution in [3.8, 4) is 0 Å². The second kappa shape index (κ2) is 5.81. The number of nitrogens with zero attached hydrogens (tertiary/aromatic N) is 2. The molecule has 0 amide bonds. The zero-order valence-corrected chi connectivity index (χ0v) is 9.67. The van der Waals surface area contributed by atoms with Gasteiger partial charge in [-0.15, -0.1) is 0 Å². The number of aromatic carboxylic acids is 1. The number of carbonyl (C=O) groups is 1. The van der Waals surface area contributed by atoms with E-state index >= 15 is 0 Å². The van der Waals surface area contributed by atoms with Crippen molar-refractivity contribution in [2.24, 2.45) is 0 Å². The summed E-state index contributed by atoms with van der Waals surface area (Å²) in [4.78, 5) is 14.3. The van der Waals surface area contributed by atoms with E-state index in [-0.39, 0.29) is 5.82 Å². The lowest BCUT2D eigenvalue weighted by molar-refractivity contribution is 0.0680. The molecule has 1 aromatic carbocycles. The Kier molecular flexibility index (Phi) is 3.90. The number of carboxylic acids is 1. The van der Waals surface area contributed by atoms with Crippen LogP contribution in [0.2, 0.25) is 0 Å². The number of anilines is 1. The summed E-state index contributed by atoms with van der Waals surface area (Å²) in [5.41, 5.74) is 1.05. The molecule has 0 radical (unpaired) electrons. The van der Waals surface area contributed by atoms with Crippen LogP contribution in [0.25, 0.3) is 0 Å². The Hall–Kier alpha value is -2.37. The van der Waals surface area contributed by atoms with E-state index in [0.717, 1.165) is 18.7 Å². The third-order valence-corrected chi connectivity index (χ3v) is 2.33. The molecule has 0 atom stereocenters. The van der Waals surface area contributed by atoms with E-state index in [1.54, 1.807) is 0 Å². The van der Waals surface area contributed by atoms with Gasteiger partial charge in [0, 0.05) is 18.7 Å². The van der Waals surface area contributed by atoms with Crippen molar-refractivity contribution >= 4 is 11.7 Å². The Morgan fingerprint density at radius 3 is 2.78 bits per heavy atom. The fraction of sp³-hybridized carbons (Fsp3) is 0.250. The van der Waals surface area contributed by atoms with E-state index in [1.807, 2.05) is 30.3 Å². The molecule has 0 aliphatic rings. The van der Waals surface area contributed by atoms with E-state index in [1.165, 1.54) is 0 Å². The molecule has 0 saturated heterocycles. The first-order chi connectivity index (χ1) is 8.75. The van der Waals surface area contributed by atoms with Gasteiger partial charge < -0.3 is 14.9 Å². The monoisotopic (exact) mass is 247 g/mol. The SMILES string of the molecule is O=C(O)c1noc(CCCNc2ccccc2)n1. The van der Waals surface area contributed by atoms with Crippen LogP contribution >= 0.6 is 0 Å². The van der Waals surface area contributed by atoms with Crippen LogP contribution in [0, 0.1) is 0 Å². The molecule has 6 nitrogen and oxygen atoms in total. The van der Waals surface area contributed by atoms with Gasteiger partial charge in [0.25, 0.3) is 5.82 Å². The fourth-order valence-corrected chi connectivity index (χ4v) is 1.47. The first-order valence-electron chi connectivity index (χ1n) is 5.60. The molecule has 0 unspecified atom stereocenters. The van der Waals surface area contributed by atoms with Crippen LogP contribution in [0.5, 0.6) is 0 Å². The number of nitrogens with one attached hydrogen (secondary N) is 1. The highest BCUT2D eigenvalue weighted by atomic mass is 16.5. The van der Waals surface area contributed by atoms with Gasteiger partial charge in [0.2, 0.25) is 5.89 Å². The number of rotatable bonds is 6. The molecular formula is C12H13N3O3. The topological polar surface area (TPSA) is 88.2 Å². The van der Waals surface area contributed by atoms with Gasteiger partial charge in [-0.2, -0.15) is 4.98 Å². The van der Waals surface area contributed by atoms with Crippen molar-refractivity contribution in [3.63, 3.8) is 0 Å². The van der Waals surface area contributed by atoms with Gasteiger partial charge in [-0.1, -0.05) is 18.2 Å². The number of carboxylic acid groups (broad SMARTS) is 1. The molecule has 18 heavy (non-hydrogen) atoms. The number of aryl methyl sites for hydroxylation is 1. The molecule has 1 heterocycles. The lowest BCUT2D eigenvalue weighted by Crippen LogP contribution is -2.03. The zero-order valence-electron chi connectivity index (χ0n) is 9.67. The summed E-state index contributed by atoms with van der Waals surface area (Å²) < 4.78 is 4.81. The second-order valence-corrected chi connectivity index (χ2v) is 3.71. The van der Waals surface area contributed by atoms with Crippen LogP contribution in [-0.4, -0.2) is 27.8 Å². The van der Waals surface area contributed by atoms with Crippen molar-refractivity contribution in [1.29, 1.82) is 0 Å². The summed E-state index contributed by atoms with van der Waals surface area (Å²) in [6.07, 6.45) is 1.34. The van der Waals surface area contributed by atoms with Gasteiger partial charge in [0.15, 0.2) is 0 Å². The fourth-order valence-electron chi connectivity index (χ4n) is 1.47. The van der Waals surface area contributed by atoms with Gasteiger partial charge in [-0.05, 0) is 23.7 Å². The van der Waals surface area contributed by atoms with Gasteiger partial charge in [-0.25, -0.2) is 4.79 Å². The third-order valence-electron chi connectivity index (χ3n) is 2.33. The lowest BCUT2D eigenvalue weighted by Gasteiger charge is -2.03. The smallest absolute Gasteiger partial charge is 0.377 e. The predicted octanol–water partition coefficient (Wildman–Crippen LogP) is 1.81. The van der Waals surface area contributed by atoms with Crippen molar-refractivity contribution in [2.75, 3.05) is 11.9 Å². The highest BCUT2D eigenvalue weighted by Crippen LogP contribution is 2.06. The molecule has 0 aliphatic heterocycles. The van der Waals surface area contributed by atoms with Crippen molar-refractivity contribution in [2.45, 2.75) is 12.8 Å². The van der Waals surface area contributed by atoms with E-state index < -0.39 is 5.97 Å². The quantitative estimate of drug-likeness (QED) is 0.757. The van der Waals surface area contributed by atoms with Crippen LogP contribution in [-0.2, 0) is 6.42 Å². The molecule has 94 valence electrons. The van der Waals surface area contributed by atoms with E-state index in [2.05, 4.69) is 15.5 Å². The lowest BCUT2D eigenvalue weighted by atomic mass is 10.3. The first kappa shape index (κ1) is 12.1. The summed E-state index contributed by atoms with van der Waals surface area (Å²) in [6, 6.07) is 9.83. The maximum Gasteiger partial charge on any atom is 0.377 e. The Balaban J connectivity index is 1.73. The average molecular weight is 247 g/mol. The standard InChI is InChI=1S/C12H13N3O3/c16-12(17)11-14-10(18-15-11)7-4-8-13-9-5-2-1-3-6-9/h1-3,5-6,13H,4,7-8H2,(H,16,17). The highest BCUT2D eigenvalue weighted by Gasteiger charge is 2.11. The van der Waals surface area contributed by atoms with Crippen LogP contribution in [0.3, 0.4) is 0 Å². The predicted molar refractivity (Wildman–Crippen MR) is 64.5 cm³/mol. The minimum atomic E-state index is -1.17. The largest absolute Gasteiger partial charge is 0.475 e. The number of hydrogen-bond acceptors (Lipinski definition) is 5. The van der Waals surface area contributed by atoms with Crippen LogP contribution in [0.15, 0.2) is 34.9 Å². The molecule has 2 aromatic rings. The normalized spacial score (nSPS) is 10.2. The molecule has 1 aromatic heterocycles. The van der Waals surface area contributed by atoms with Crippen molar-refractivity contribution < 1.29 is 14.4 Å². The maximum absolute atomic E-state index is 10.5. The number of benzene rings is 1. The molecular weight excluding hydrogens is 234 g/mol.